The molecule has 2 aromatic rings. The van der Waals surface area contributed by atoms with E-state index in [1.807, 2.05) is 64.1 Å². The third kappa shape index (κ3) is 3.02. The topological polar surface area (TPSA) is 46.1 Å². The summed E-state index contributed by atoms with van der Waals surface area (Å²) >= 11 is 0. The van der Waals surface area contributed by atoms with Crippen LogP contribution in [0.4, 0.5) is 11.6 Å². The minimum atomic E-state index is -0.511. The quantitative estimate of drug-likeness (QED) is 0.838. The molecule has 0 aliphatic heterocycles. The lowest BCUT2D eigenvalue weighted by Crippen LogP contribution is -2.37. The smallest absolute Gasteiger partial charge is 0.239 e. The zero-order valence-corrected chi connectivity index (χ0v) is 12.3. The van der Waals surface area contributed by atoms with Crippen LogP contribution >= 0.6 is 0 Å². The second-order valence-corrected chi connectivity index (χ2v) is 5.72. The van der Waals surface area contributed by atoms with Gasteiger partial charge >= 0.3 is 0 Å². The molecule has 0 spiro atoms. The molecule has 104 valence electrons. The number of amides is 1. The van der Waals surface area contributed by atoms with Gasteiger partial charge in [-0.1, -0.05) is 32.9 Å². The first-order valence-electron chi connectivity index (χ1n) is 6.59. The summed E-state index contributed by atoms with van der Waals surface area (Å²) in [6, 6.07) is 11.1. The molecule has 4 heteroatoms. The number of anilines is 2. The van der Waals surface area contributed by atoms with E-state index >= 15 is 0 Å². The number of pyridine rings is 2. The number of aryl methyl sites for hydroxylation is 1. The van der Waals surface area contributed by atoms with E-state index in [0.29, 0.717) is 11.6 Å². The molecular weight excluding hydrogens is 250 g/mol. The molecule has 1 amide bonds. The average molecular weight is 269 g/mol. The van der Waals surface area contributed by atoms with Gasteiger partial charge < -0.3 is 0 Å². The first kappa shape index (κ1) is 14.2. The molecule has 0 atom stereocenters. The summed E-state index contributed by atoms with van der Waals surface area (Å²) in [7, 11) is 0. The maximum Gasteiger partial charge on any atom is 0.239 e. The summed E-state index contributed by atoms with van der Waals surface area (Å²) in [5, 5.41) is 0. The number of rotatable bonds is 2. The van der Waals surface area contributed by atoms with Crippen LogP contribution in [-0.2, 0) is 4.79 Å². The van der Waals surface area contributed by atoms with Gasteiger partial charge in [-0.3, -0.25) is 4.79 Å². The van der Waals surface area contributed by atoms with E-state index in [1.54, 1.807) is 11.1 Å². The monoisotopic (exact) mass is 269 g/mol. The lowest BCUT2D eigenvalue weighted by atomic mass is 9.94. The van der Waals surface area contributed by atoms with Crippen LogP contribution in [0.15, 0.2) is 42.6 Å². The highest BCUT2D eigenvalue weighted by Gasteiger charge is 2.30. The molecule has 2 rings (SSSR count). The van der Waals surface area contributed by atoms with Gasteiger partial charge in [-0.25, -0.2) is 14.9 Å². The van der Waals surface area contributed by atoms with Crippen molar-refractivity contribution >= 4 is 17.5 Å². The number of carbonyl (C=O) groups is 1. The lowest BCUT2D eigenvalue weighted by Gasteiger charge is -2.28. The predicted molar refractivity (Wildman–Crippen MR) is 79.8 cm³/mol. The maximum absolute atomic E-state index is 12.7. The molecule has 0 N–H and O–H groups in total. The maximum atomic E-state index is 12.7. The van der Waals surface area contributed by atoms with Gasteiger partial charge in [0.15, 0.2) is 0 Å². The molecule has 0 unspecified atom stereocenters. The highest BCUT2D eigenvalue weighted by Crippen LogP contribution is 2.28. The molecule has 2 aromatic heterocycles. The minimum Gasteiger partial charge on any atom is -0.273 e. The van der Waals surface area contributed by atoms with E-state index in [-0.39, 0.29) is 5.91 Å². The van der Waals surface area contributed by atoms with Crippen LogP contribution < -0.4 is 4.90 Å². The zero-order chi connectivity index (χ0) is 14.8. The Labute approximate surface area is 119 Å². The second-order valence-electron chi connectivity index (χ2n) is 5.72. The van der Waals surface area contributed by atoms with E-state index in [1.165, 1.54) is 0 Å². The van der Waals surface area contributed by atoms with Crippen molar-refractivity contribution in [1.82, 2.24) is 9.97 Å². The Kier molecular flexibility index (Phi) is 3.84. The zero-order valence-electron chi connectivity index (χ0n) is 12.3. The standard InChI is InChI=1S/C16H19N3O/c1-12-8-7-10-14(18-12)19(15(20)16(2,3)4)13-9-5-6-11-17-13/h5-11H,1-4H3. The molecule has 20 heavy (non-hydrogen) atoms. The van der Waals surface area contributed by atoms with Gasteiger partial charge in [0, 0.05) is 17.3 Å². The van der Waals surface area contributed by atoms with E-state index in [9.17, 15) is 4.79 Å². The Morgan fingerprint density at radius 2 is 1.75 bits per heavy atom. The van der Waals surface area contributed by atoms with E-state index < -0.39 is 5.41 Å². The van der Waals surface area contributed by atoms with Crippen molar-refractivity contribution in [2.45, 2.75) is 27.7 Å². The number of nitrogens with zero attached hydrogens (tertiary/aromatic N) is 3. The van der Waals surface area contributed by atoms with Crippen molar-refractivity contribution in [2.75, 3.05) is 4.90 Å². The Bertz CT molecular complexity index is 603. The molecule has 0 saturated heterocycles. The summed E-state index contributed by atoms with van der Waals surface area (Å²) in [6.45, 7) is 7.57. The molecule has 4 nitrogen and oxygen atoms in total. The van der Waals surface area contributed by atoms with Crippen molar-refractivity contribution in [3.05, 3.63) is 48.3 Å². The SMILES string of the molecule is Cc1cccc(N(C(=O)C(C)(C)C)c2ccccn2)n1. The van der Waals surface area contributed by atoms with Crippen molar-refractivity contribution in [2.24, 2.45) is 5.41 Å². The predicted octanol–water partition coefficient (Wildman–Crippen LogP) is 3.50. The molecule has 0 radical (unpaired) electrons. The van der Waals surface area contributed by atoms with Crippen molar-refractivity contribution in [1.29, 1.82) is 0 Å². The second kappa shape index (κ2) is 5.41. The van der Waals surface area contributed by atoms with Gasteiger partial charge in [-0.15, -0.1) is 0 Å². The summed E-state index contributed by atoms with van der Waals surface area (Å²) < 4.78 is 0. The van der Waals surface area contributed by atoms with Gasteiger partial charge in [-0.05, 0) is 31.2 Å². The summed E-state index contributed by atoms with van der Waals surface area (Å²) in [4.78, 5) is 23.0. The number of aromatic nitrogens is 2. The molecule has 0 aromatic carbocycles. The fourth-order valence-electron chi connectivity index (χ4n) is 1.80. The molecule has 2 heterocycles. The van der Waals surface area contributed by atoms with E-state index in [4.69, 9.17) is 0 Å². The third-order valence-corrected chi connectivity index (χ3v) is 2.83. The molecule has 0 bridgehead atoms. The van der Waals surface area contributed by atoms with Gasteiger partial charge in [0.25, 0.3) is 0 Å². The highest BCUT2D eigenvalue weighted by atomic mass is 16.2. The Morgan fingerprint density at radius 1 is 1.05 bits per heavy atom. The molecular formula is C16H19N3O. The van der Waals surface area contributed by atoms with Crippen LogP contribution in [0.25, 0.3) is 0 Å². The number of hydrogen-bond donors (Lipinski definition) is 0. The van der Waals surface area contributed by atoms with E-state index in [0.717, 1.165) is 5.69 Å². The first-order valence-corrected chi connectivity index (χ1v) is 6.59. The molecule has 0 saturated carbocycles. The van der Waals surface area contributed by atoms with Crippen molar-refractivity contribution < 1.29 is 4.79 Å². The van der Waals surface area contributed by atoms with Gasteiger partial charge in [0.1, 0.15) is 11.6 Å². The third-order valence-electron chi connectivity index (χ3n) is 2.83. The van der Waals surface area contributed by atoms with Crippen molar-refractivity contribution in [3.63, 3.8) is 0 Å². The summed E-state index contributed by atoms with van der Waals surface area (Å²) in [5.74, 6) is 1.16. The Hall–Kier alpha value is -2.23. The van der Waals surface area contributed by atoms with Crippen molar-refractivity contribution in [3.8, 4) is 0 Å². The largest absolute Gasteiger partial charge is 0.273 e. The summed E-state index contributed by atoms with van der Waals surface area (Å²) in [6.07, 6.45) is 1.67. The van der Waals surface area contributed by atoms with Crippen LogP contribution in [0.2, 0.25) is 0 Å². The lowest BCUT2D eigenvalue weighted by molar-refractivity contribution is -0.125. The Morgan fingerprint density at radius 3 is 2.30 bits per heavy atom. The summed E-state index contributed by atoms with van der Waals surface area (Å²) in [5.41, 5.74) is 0.355. The molecule has 0 fully saturated rings. The van der Waals surface area contributed by atoms with E-state index in [2.05, 4.69) is 9.97 Å². The van der Waals surface area contributed by atoms with Gasteiger partial charge in [0.2, 0.25) is 5.91 Å². The normalized spacial score (nSPS) is 11.2. The van der Waals surface area contributed by atoms with Gasteiger partial charge in [0.05, 0.1) is 0 Å². The number of carbonyl (C=O) groups excluding carboxylic acids is 1. The fourth-order valence-corrected chi connectivity index (χ4v) is 1.80. The van der Waals surface area contributed by atoms with Crippen LogP contribution in [0, 0.1) is 12.3 Å². The minimum absolute atomic E-state index is 0.0331. The molecule has 0 aliphatic carbocycles. The van der Waals surface area contributed by atoms with Gasteiger partial charge in [-0.2, -0.15) is 0 Å². The van der Waals surface area contributed by atoms with Crippen LogP contribution in [0.5, 0.6) is 0 Å². The first-order chi connectivity index (χ1) is 9.39. The molecule has 0 aliphatic rings. The van der Waals surface area contributed by atoms with Crippen LogP contribution in [0.1, 0.15) is 26.5 Å². The Balaban J connectivity index is 2.53. The highest BCUT2D eigenvalue weighted by molar-refractivity contribution is 6.01. The average Bonchev–Trinajstić information content (AvgIpc) is 2.39. The van der Waals surface area contributed by atoms with Crippen LogP contribution in [0.3, 0.4) is 0 Å². The fraction of sp³-hybridized carbons (Fsp3) is 0.312. The van der Waals surface area contributed by atoms with Crippen LogP contribution in [-0.4, -0.2) is 15.9 Å². The number of hydrogen-bond acceptors (Lipinski definition) is 3.